The van der Waals surface area contributed by atoms with Crippen LogP contribution in [0.4, 0.5) is 9.59 Å². The van der Waals surface area contributed by atoms with E-state index in [1.165, 1.54) is 14.2 Å². The number of amides is 4. The van der Waals surface area contributed by atoms with Crippen LogP contribution in [0.5, 0.6) is 0 Å². The third kappa shape index (κ3) is 7.39. The minimum absolute atomic E-state index is 0.119. The zero-order valence-electron chi connectivity index (χ0n) is 32.7. The van der Waals surface area contributed by atoms with Crippen molar-refractivity contribution in [2.45, 2.75) is 77.5 Å². The Morgan fingerprint density at radius 3 is 1.86 bits per heavy atom. The van der Waals surface area contributed by atoms with Crippen LogP contribution in [0.3, 0.4) is 0 Å². The monoisotopic (exact) mass is 762 g/mol. The molecule has 0 spiro atoms. The largest absolute Gasteiger partial charge is 0.453 e. The number of fused-ring (bicyclic) bond motifs is 2. The van der Waals surface area contributed by atoms with Crippen molar-refractivity contribution in [3.63, 3.8) is 0 Å². The Morgan fingerprint density at radius 1 is 0.732 bits per heavy atom. The van der Waals surface area contributed by atoms with Crippen LogP contribution in [-0.2, 0) is 19.1 Å². The minimum atomic E-state index is -0.706. The van der Waals surface area contributed by atoms with Gasteiger partial charge in [-0.3, -0.25) is 9.59 Å². The second-order valence-corrected chi connectivity index (χ2v) is 15.3. The first kappa shape index (κ1) is 38.4. The fraction of sp³-hybridized carbons (Fsp3) is 0.429. The van der Waals surface area contributed by atoms with Crippen LogP contribution in [0.2, 0.25) is 0 Å². The maximum atomic E-state index is 13.7. The van der Waals surface area contributed by atoms with Gasteiger partial charge in [0.2, 0.25) is 11.8 Å². The summed E-state index contributed by atoms with van der Waals surface area (Å²) in [5.41, 5.74) is 5.59. The zero-order valence-corrected chi connectivity index (χ0v) is 32.7. The van der Waals surface area contributed by atoms with Crippen LogP contribution in [0, 0.1) is 11.8 Å². The van der Waals surface area contributed by atoms with E-state index in [1.54, 1.807) is 0 Å². The molecule has 3 aromatic carbocycles. The summed E-state index contributed by atoms with van der Waals surface area (Å²) in [5.74, 6) is 0.898. The van der Waals surface area contributed by atoms with Gasteiger partial charge in [0.05, 0.1) is 49.2 Å². The number of imidazole rings is 2. The summed E-state index contributed by atoms with van der Waals surface area (Å²) in [4.78, 5) is 71.9. The third-order valence-electron chi connectivity index (χ3n) is 11.1. The molecule has 5 aromatic rings. The number of carbonyl (C=O) groups is 4. The Bertz CT molecular complexity index is 2260. The fourth-order valence-corrected chi connectivity index (χ4v) is 8.18. The van der Waals surface area contributed by atoms with Gasteiger partial charge in [0.25, 0.3) is 0 Å². The van der Waals surface area contributed by atoms with E-state index in [1.807, 2.05) is 61.9 Å². The lowest BCUT2D eigenvalue weighted by atomic mass is 9.94. The number of carbonyl (C=O) groups excluding carboxylic acids is 4. The number of hydrogen-bond acceptors (Lipinski definition) is 8. The van der Waals surface area contributed by atoms with Gasteiger partial charge >= 0.3 is 12.2 Å². The zero-order chi connectivity index (χ0) is 39.7. The summed E-state index contributed by atoms with van der Waals surface area (Å²) >= 11 is 0. The first-order valence-electron chi connectivity index (χ1n) is 19.4. The molecule has 4 amide bonds. The fourth-order valence-electron chi connectivity index (χ4n) is 8.18. The SMILES string of the molecule is COC(=O)N[C@H](C(=O)N1CCC[C@H]1c1ncc(-c2cccc3c(-c4ccc5nc([C@@H]6CCCN6C(=O)[C@@H](NC(=O)OC)C(C)C)[nH]c5c4)cccc23)[nH]1)C(C)C. The van der Waals surface area contributed by atoms with E-state index in [0.717, 1.165) is 75.7 Å². The number of aromatic amines is 2. The average molecular weight is 763 g/mol. The maximum absolute atomic E-state index is 13.7. The second kappa shape index (κ2) is 16.0. The number of benzene rings is 3. The molecule has 2 aliphatic heterocycles. The van der Waals surface area contributed by atoms with E-state index in [-0.39, 0.29) is 35.7 Å². The molecule has 7 rings (SSSR count). The smallest absolute Gasteiger partial charge is 0.407 e. The van der Waals surface area contributed by atoms with Gasteiger partial charge in [-0.05, 0) is 71.6 Å². The van der Waals surface area contributed by atoms with E-state index >= 15 is 0 Å². The molecular weight excluding hydrogens is 713 g/mol. The Balaban J connectivity index is 1.15. The van der Waals surface area contributed by atoms with Crippen LogP contribution in [0.15, 0.2) is 60.8 Å². The highest BCUT2D eigenvalue weighted by Gasteiger charge is 2.39. The van der Waals surface area contributed by atoms with Gasteiger partial charge < -0.3 is 39.9 Å². The molecule has 4 atom stereocenters. The molecule has 4 heterocycles. The second-order valence-electron chi connectivity index (χ2n) is 15.3. The summed E-state index contributed by atoms with van der Waals surface area (Å²) in [6.45, 7) is 8.77. The molecule has 0 aliphatic carbocycles. The van der Waals surface area contributed by atoms with Crippen LogP contribution in [0.1, 0.15) is 77.1 Å². The Hall–Kier alpha value is -5.92. The normalized spacial score (nSPS) is 18.1. The van der Waals surface area contributed by atoms with Crippen molar-refractivity contribution in [2.24, 2.45) is 11.8 Å². The molecule has 0 radical (unpaired) electrons. The van der Waals surface area contributed by atoms with Crippen molar-refractivity contribution in [2.75, 3.05) is 27.3 Å². The van der Waals surface area contributed by atoms with Crippen LogP contribution >= 0.6 is 0 Å². The van der Waals surface area contributed by atoms with Gasteiger partial charge in [-0.15, -0.1) is 0 Å². The minimum Gasteiger partial charge on any atom is -0.453 e. The number of ether oxygens (including phenoxy) is 2. The van der Waals surface area contributed by atoms with Gasteiger partial charge in [0.15, 0.2) is 0 Å². The van der Waals surface area contributed by atoms with E-state index in [9.17, 15) is 19.2 Å². The molecule has 56 heavy (non-hydrogen) atoms. The predicted octanol–water partition coefficient (Wildman–Crippen LogP) is 6.86. The van der Waals surface area contributed by atoms with Crippen molar-refractivity contribution in [1.29, 1.82) is 0 Å². The molecule has 0 bridgehead atoms. The molecule has 14 heteroatoms. The van der Waals surface area contributed by atoms with Gasteiger partial charge in [-0.1, -0.05) is 70.2 Å². The van der Waals surface area contributed by atoms with Crippen LogP contribution in [0.25, 0.3) is 44.2 Å². The molecular formula is C42H50N8O6. The highest BCUT2D eigenvalue weighted by atomic mass is 16.5. The molecule has 0 saturated carbocycles. The first-order valence-corrected chi connectivity index (χ1v) is 19.4. The lowest BCUT2D eigenvalue weighted by Crippen LogP contribution is -2.51. The number of nitrogens with zero attached hydrogens (tertiary/aromatic N) is 4. The van der Waals surface area contributed by atoms with Crippen LogP contribution in [-0.4, -0.2) is 93.1 Å². The molecule has 294 valence electrons. The summed E-state index contributed by atoms with van der Waals surface area (Å²) in [5, 5.41) is 7.54. The molecule has 4 N–H and O–H groups in total. The Labute approximate surface area is 325 Å². The van der Waals surface area contributed by atoms with Crippen molar-refractivity contribution in [3.05, 3.63) is 72.4 Å². The summed E-state index contributed by atoms with van der Waals surface area (Å²) < 4.78 is 9.57. The van der Waals surface area contributed by atoms with E-state index in [4.69, 9.17) is 19.4 Å². The summed E-state index contributed by atoms with van der Waals surface area (Å²) in [7, 11) is 2.58. The Morgan fingerprint density at radius 2 is 1.29 bits per heavy atom. The molecule has 2 aromatic heterocycles. The van der Waals surface area contributed by atoms with E-state index < -0.39 is 24.3 Å². The summed E-state index contributed by atoms with van der Waals surface area (Å²) in [6.07, 6.45) is 3.77. The number of alkyl carbamates (subject to hydrolysis) is 2. The molecule has 2 aliphatic rings. The maximum Gasteiger partial charge on any atom is 0.407 e. The number of hydrogen-bond donors (Lipinski definition) is 4. The number of likely N-dealkylation sites (tertiary alicyclic amines) is 2. The average Bonchev–Trinajstić information content (AvgIpc) is 4.03. The molecule has 2 saturated heterocycles. The quantitative estimate of drug-likeness (QED) is 0.119. The highest BCUT2D eigenvalue weighted by molar-refractivity contribution is 6.04. The summed E-state index contributed by atoms with van der Waals surface area (Å²) in [6, 6.07) is 16.8. The standard InChI is InChI=1S/C42H50N8O6/c1-23(2)35(47-41(53)55-5)39(51)49-19-9-15-33(49)37-43-22-32(46-37)29-14-8-12-27-26(11-7-13-28(27)29)25-17-18-30-31(21-25)45-38(44-30)34-16-10-20-50(34)40(52)36(24(3)4)48-42(54)56-6/h7-8,11-14,17-18,21-24,33-36H,9-10,15-16,19-20H2,1-6H3,(H,43,46)(H,44,45)(H,47,53)(H,48,54)/t33-,34-,35-,36-/m0/s1. The first-order chi connectivity index (χ1) is 27.0. The number of methoxy groups -OCH3 is 2. The molecule has 14 nitrogen and oxygen atoms in total. The number of aromatic nitrogens is 4. The predicted molar refractivity (Wildman–Crippen MR) is 212 cm³/mol. The van der Waals surface area contributed by atoms with Crippen molar-refractivity contribution in [3.8, 4) is 22.4 Å². The third-order valence-corrected chi connectivity index (χ3v) is 11.1. The van der Waals surface area contributed by atoms with Gasteiger partial charge in [0.1, 0.15) is 23.7 Å². The van der Waals surface area contributed by atoms with Crippen molar-refractivity contribution in [1.82, 2.24) is 40.4 Å². The van der Waals surface area contributed by atoms with Crippen LogP contribution < -0.4 is 10.6 Å². The lowest BCUT2D eigenvalue weighted by molar-refractivity contribution is -0.136. The number of nitrogens with one attached hydrogen (secondary N) is 4. The molecule has 0 unspecified atom stereocenters. The van der Waals surface area contributed by atoms with Crippen molar-refractivity contribution < 1.29 is 28.7 Å². The molecule has 2 fully saturated rings. The highest BCUT2D eigenvalue weighted by Crippen LogP contribution is 2.38. The number of rotatable bonds is 10. The number of H-pyrrole nitrogens is 2. The van der Waals surface area contributed by atoms with E-state index in [0.29, 0.717) is 18.9 Å². The van der Waals surface area contributed by atoms with Crippen molar-refractivity contribution >= 4 is 45.8 Å². The topological polar surface area (TPSA) is 175 Å². The van der Waals surface area contributed by atoms with Gasteiger partial charge in [0, 0.05) is 18.7 Å². The van der Waals surface area contributed by atoms with Gasteiger partial charge in [-0.2, -0.15) is 0 Å². The Kier molecular flexibility index (Phi) is 11.0. The van der Waals surface area contributed by atoms with Gasteiger partial charge in [-0.25, -0.2) is 19.6 Å². The lowest BCUT2D eigenvalue weighted by Gasteiger charge is -2.30. The van der Waals surface area contributed by atoms with E-state index in [2.05, 4.69) is 57.0 Å².